The van der Waals surface area contributed by atoms with Gasteiger partial charge in [0.15, 0.2) is 12.3 Å². The lowest BCUT2D eigenvalue weighted by molar-refractivity contribution is -0.489. The van der Waals surface area contributed by atoms with Gasteiger partial charge in [0, 0.05) is 23.0 Å². The van der Waals surface area contributed by atoms with Gasteiger partial charge in [-0.3, -0.25) is 0 Å². The number of hydrogen-bond donors (Lipinski definition) is 0. The van der Waals surface area contributed by atoms with Crippen molar-refractivity contribution in [3.8, 4) is 0 Å². The zero-order valence-electron chi connectivity index (χ0n) is 16.4. The Morgan fingerprint density at radius 2 is 1.50 bits per heavy atom. The van der Waals surface area contributed by atoms with Crippen LogP contribution in [0.2, 0.25) is 0 Å². The molecule has 1 aromatic carbocycles. The van der Waals surface area contributed by atoms with Crippen LogP contribution in [0.1, 0.15) is 103 Å². The van der Waals surface area contributed by atoms with Gasteiger partial charge in [0.1, 0.15) is 0 Å². The summed E-state index contributed by atoms with van der Waals surface area (Å²) in [6.45, 7) is 11.8. The summed E-state index contributed by atoms with van der Waals surface area (Å²) in [5.41, 5.74) is 5.05. The first-order valence-corrected chi connectivity index (χ1v) is 10.2. The zero-order chi connectivity index (χ0) is 17.3. The van der Waals surface area contributed by atoms with Gasteiger partial charge in [0.2, 0.25) is 5.69 Å². The van der Waals surface area contributed by atoms with Crippen molar-refractivity contribution in [1.82, 2.24) is 0 Å². The minimum absolute atomic E-state index is 0.475. The third-order valence-electron chi connectivity index (χ3n) is 6.40. The molecular formula is C23H36N+. The molecule has 1 atom stereocenters. The van der Waals surface area contributed by atoms with E-state index in [0.717, 1.165) is 0 Å². The highest BCUT2D eigenvalue weighted by Crippen LogP contribution is 2.44. The average Bonchev–Trinajstić information content (AvgIpc) is 2.57. The van der Waals surface area contributed by atoms with Crippen LogP contribution < -0.4 is 0 Å². The normalized spacial score (nSPS) is 23.8. The van der Waals surface area contributed by atoms with Crippen LogP contribution in [0.15, 0.2) is 18.2 Å². The molecule has 0 amide bonds. The van der Waals surface area contributed by atoms with Gasteiger partial charge >= 0.3 is 0 Å². The van der Waals surface area contributed by atoms with Crippen molar-refractivity contribution in [2.24, 2.45) is 5.41 Å². The van der Waals surface area contributed by atoms with Gasteiger partial charge in [-0.15, -0.1) is 0 Å². The third-order valence-corrected chi connectivity index (χ3v) is 6.40. The summed E-state index contributed by atoms with van der Waals surface area (Å²) in [5.74, 6) is 1.15. The number of rotatable bonds is 3. The quantitative estimate of drug-likeness (QED) is 0.538. The molecule has 0 radical (unpaired) electrons. The van der Waals surface area contributed by atoms with Crippen LogP contribution in [0.4, 0.5) is 5.69 Å². The van der Waals surface area contributed by atoms with Gasteiger partial charge in [-0.25, -0.2) is 0 Å². The van der Waals surface area contributed by atoms with Crippen molar-refractivity contribution >= 4 is 11.9 Å². The summed E-state index contributed by atoms with van der Waals surface area (Å²) >= 11 is 0. The van der Waals surface area contributed by atoms with Crippen LogP contribution in [-0.4, -0.2) is 16.8 Å². The number of hydrogen-bond acceptors (Lipinski definition) is 0. The molecule has 1 unspecified atom stereocenters. The van der Waals surface area contributed by atoms with Crippen molar-refractivity contribution in [3.05, 3.63) is 29.3 Å². The van der Waals surface area contributed by atoms with Gasteiger partial charge in [-0.2, -0.15) is 4.58 Å². The van der Waals surface area contributed by atoms with E-state index < -0.39 is 0 Å². The smallest absolute Gasteiger partial charge is 0.199 e. The fraction of sp³-hybridized carbons (Fsp3) is 0.696. The highest BCUT2D eigenvalue weighted by Gasteiger charge is 2.41. The Labute approximate surface area is 149 Å². The first-order valence-electron chi connectivity index (χ1n) is 10.2. The molecule has 0 N–H and O–H groups in total. The maximum atomic E-state index is 2.69. The molecule has 1 spiro atoms. The van der Waals surface area contributed by atoms with Gasteiger partial charge in [-0.05, 0) is 38.0 Å². The molecule has 1 nitrogen and oxygen atoms in total. The molecule has 2 aliphatic rings. The van der Waals surface area contributed by atoms with Crippen molar-refractivity contribution in [1.29, 1.82) is 0 Å². The van der Waals surface area contributed by atoms with Crippen LogP contribution in [0.25, 0.3) is 0 Å². The Morgan fingerprint density at radius 3 is 2.04 bits per heavy atom. The van der Waals surface area contributed by atoms with Crippen molar-refractivity contribution in [3.63, 3.8) is 0 Å². The Bertz CT molecular complexity index is 576. The number of nitrogens with zero attached hydrogens (tertiary/aromatic N) is 1. The molecule has 24 heavy (non-hydrogen) atoms. The standard InChI is InChI=1S/C23H36N/c1-17(2)20-10-9-11-21(18(3)4)22(20)24-16-23(15-12-19(24)5)13-7-6-8-14-23/h9-11,16-19H,6-8,12-15H2,1-5H3/q+1. The predicted octanol–water partition coefficient (Wildman–Crippen LogP) is 6.78. The summed E-state index contributed by atoms with van der Waals surface area (Å²) in [6, 6.07) is 7.59. The Kier molecular flexibility index (Phi) is 5.18. The molecule has 1 heteroatoms. The lowest BCUT2D eigenvalue weighted by Gasteiger charge is -2.37. The van der Waals surface area contributed by atoms with Gasteiger partial charge in [0.05, 0.1) is 0 Å². The predicted molar refractivity (Wildman–Crippen MR) is 105 cm³/mol. The fourth-order valence-electron chi connectivity index (χ4n) is 4.85. The molecule has 1 fully saturated rings. The Hall–Kier alpha value is -1.11. The second-order valence-corrected chi connectivity index (χ2v) is 8.94. The molecule has 132 valence electrons. The van der Waals surface area contributed by atoms with E-state index >= 15 is 0 Å². The van der Waals surface area contributed by atoms with Crippen LogP contribution in [0.5, 0.6) is 0 Å². The minimum atomic E-state index is 0.475. The fourth-order valence-corrected chi connectivity index (χ4v) is 4.85. The van der Waals surface area contributed by atoms with Crippen LogP contribution in [0, 0.1) is 5.41 Å². The second kappa shape index (κ2) is 7.02. The molecule has 0 bridgehead atoms. The first kappa shape index (κ1) is 17.7. The molecule has 1 aromatic rings. The number of benzene rings is 1. The van der Waals surface area contributed by atoms with Crippen LogP contribution in [-0.2, 0) is 0 Å². The van der Waals surface area contributed by atoms with Crippen molar-refractivity contribution in [2.75, 3.05) is 0 Å². The van der Waals surface area contributed by atoms with E-state index in [9.17, 15) is 0 Å². The zero-order valence-corrected chi connectivity index (χ0v) is 16.4. The summed E-state index contributed by atoms with van der Waals surface area (Å²) in [7, 11) is 0. The van der Waals surface area contributed by atoms with Crippen LogP contribution >= 0.6 is 0 Å². The van der Waals surface area contributed by atoms with Crippen molar-refractivity contribution in [2.45, 2.75) is 97.4 Å². The summed E-state index contributed by atoms with van der Waals surface area (Å²) in [6.07, 6.45) is 12.5. The molecule has 1 aliphatic heterocycles. The Morgan fingerprint density at radius 1 is 0.917 bits per heavy atom. The van der Waals surface area contributed by atoms with Gasteiger partial charge in [-0.1, -0.05) is 65.2 Å². The highest BCUT2D eigenvalue weighted by molar-refractivity contribution is 5.65. The monoisotopic (exact) mass is 326 g/mol. The lowest BCUT2D eigenvalue weighted by Crippen LogP contribution is -2.39. The van der Waals surface area contributed by atoms with E-state index in [0.29, 0.717) is 23.3 Å². The minimum Gasteiger partial charge on any atom is -0.199 e. The van der Waals surface area contributed by atoms with Crippen molar-refractivity contribution < 1.29 is 4.58 Å². The summed E-state index contributed by atoms with van der Waals surface area (Å²) < 4.78 is 2.69. The molecule has 1 heterocycles. The summed E-state index contributed by atoms with van der Waals surface area (Å²) in [4.78, 5) is 0. The molecule has 0 saturated heterocycles. The second-order valence-electron chi connectivity index (χ2n) is 8.94. The molecule has 0 aromatic heterocycles. The first-order chi connectivity index (χ1) is 11.4. The van der Waals surface area contributed by atoms with E-state index in [-0.39, 0.29) is 0 Å². The number of para-hydroxylation sites is 1. The Balaban J connectivity index is 2.15. The van der Waals surface area contributed by atoms with E-state index in [1.807, 2.05) is 0 Å². The maximum absolute atomic E-state index is 2.69. The molecule has 3 rings (SSSR count). The maximum Gasteiger partial charge on any atom is 0.212 e. The molecule has 1 aliphatic carbocycles. The lowest BCUT2D eigenvalue weighted by atomic mass is 9.70. The topological polar surface area (TPSA) is 3.01 Å². The SMILES string of the molecule is CC(C)c1cccc(C(C)C)c1[N+]1=CC2(CCCCC2)CCC1C. The van der Waals surface area contributed by atoms with E-state index in [1.165, 1.54) is 61.8 Å². The average molecular weight is 327 g/mol. The van der Waals surface area contributed by atoms with E-state index in [2.05, 4.69) is 63.6 Å². The summed E-state index contributed by atoms with van der Waals surface area (Å²) in [5, 5.41) is 0. The van der Waals surface area contributed by atoms with Gasteiger partial charge in [0.25, 0.3) is 0 Å². The highest BCUT2D eigenvalue weighted by atomic mass is 15.1. The van der Waals surface area contributed by atoms with E-state index in [4.69, 9.17) is 0 Å². The molecule has 1 saturated carbocycles. The van der Waals surface area contributed by atoms with Crippen LogP contribution in [0.3, 0.4) is 0 Å². The van der Waals surface area contributed by atoms with E-state index in [1.54, 1.807) is 0 Å². The van der Waals surface area contributed by atoms with Gasteiger partial charge < -0.3 is 0 Å². The molecular weight excluding hydrogens is 290 g/mol. The largest absolute Gasteiger partial charge is 0.212 e. The third kappa shape index (κ3) is 3.32.